The number of carboxylic acid groups (broad SMARTS) is 1. The lowest BCUT2D eigenvalue weighted by Crippen LogP contribution is -2.50. The number of aliphatic carboxylic acids is 1. The molecule has 0 spiro atoms. The Morgan fingerprint density at radius 1 is 1.28 bits per heavy atom. The molecule has 100 valence electrons. The number of hydrogen-bond donors (Lipinski definition) is 1. The minimum atomic E-state index is -3.86. The summed E-state index contributed by atoms with van der Waals surface area (Å²) in [7, 11) is -3.86. The van der Waals surface area contributed by atoms with Crippen LogP contribution in [0.4, 0.5) is 0 Å². The lowest BCUT2D eigenvalue weighted by molar-refractivity contribution is -0.309. The molecule has 1 rings (SSSR count). The van der Waals surface area contributed by atoms with Crippen LogP contribution < -0.4 is 9.83 Å². The van der Waals surface area contributed by atoms with Gasteiger partial charge in [0.15, 0.2) is 0 Å². The van der Waals surface area contributed by atoms with Gasteiger partial charge in [-0.25, -0.2) is 13.1 Å². The van der Waals surface area contributed by atoms with E-state index in [1.807, 2.05) is 0 Å². The maximum atomic E-state index is 11.9. The zero-order valence-electron chi connectivity index (χ0n) is 9.88. The first-order valence-electron chi connectivity index (χ1n) is 5.23. The van der Waals surface area contributed by atoms with Gasteiger partial charge in [0.1, 0.15) is 0 Å². The standard InChI is InChI=1S/C11H14BrNO4S/c1-7(2)10(11(14)15)13-18(16,17)9-5-3-8(12)4-6-9/h3-7,10,13H,1-2H3,(H,14,15)/p-1. The van der Waals surface area contributed by atoms with Crippen LogP contribution in [0.3, 0.4) is 0 Å². The number of sulfonamides is 1. The van der Waals surface area contributed by atoms with Crippen LogP contribution in [0.15, 0.2) is 33.6 Å². The number of carbonyl (C=O) groups excluding carboxylic acids is 1. The van der Waals surface area contributed by atoms with E-state index in [1.165, 1.54) is 12.1 Å². The van der Waals surface area contributed by atoms with Crippen molar-refractivity contribution in [2.75, 3.05) is 0 Å². The third kappa shape index (κ3) is 3.79. The van der Waals surface area contributed by atoms with Crippen LogP contribution >= 0.6 is 15.9 Å². The highest BCUT2D eigenvalue weighted by atomic mass is 79.9. The predicted molar refractivity (Wildman–Crippen MR) is 68.1 cm³/mol. The van der Waals surface area contributed by atoms with Crippen molar-refractivity contribution < 1.29 is 18.3 Å². The van der Waals surface area contributed by atoms with E-state index in [4.69, 9.17) is 0 Å². The third-order valence-corrected chi connectivity index (χ3v) is 4.31. The molecule has 0 aliphatic heterocycles. The van der Waals surface area contributed by atoms with E-state index in [0.29, 0.717) is 0 Å². The van der Waals surface area contributed by atoms with Gasteiger partial charge in [-0.05, 0) is 30.2 Å². The SMILES string of the molecule is CC(C)C(NS(=O)(=O)c1ccc(Br)cc1)C(=O)[O-]. The smallest absolute Gasteiger partial charge is 0.241 e. The molecule has 5 nitrogen and oxygen atoms in total. The number of rotatable bonds is 5. The van der Waals surface area contributed by atoms with Gasteiger partial charge in [0.25, 0.3) is 0 Å². The second-order valence-corrected chi connectivity index (χ2v) is 6.75. The lowest BCUT2D eigenvalue weighted by Gasteiger charge is -2.23. The highest BCUT2D eigenvalue weighted by Crippen LogP contribution is 2.15. The van der Waals surface area contributed by atoms with Crippen molar-refractivity contribution in [3.8, 4) is 0 Å². The predicted octanol–water partition coefficient (Wildman–Crippen LogP) is 0.502. The van der Waals surface area contributed by atoms with E-state index in [2.05, 4.69) is 20.7 Å². The topological polar surface area (TPSA) is 86.3 Å². The molecular weight excluding hydrogens is 322 g/mol. The molecule has 18 heavy (non-hydrogen) atoms. The minimum Gasteiger partial charge on any atom is -0.548 e. The molecule has 0 radical (unpaired) electrons. The molecule has 1 atom stereocenters. The molecule has 0 saturated carbocycles. The van der Waals surface area contributed by atoms with Gasteiger partial charge in [-0.2, -0.15) is 0 Å². The van der Waals surface area contributed by atoms with Gasteiger partial charge in [0.2, 0.25) is 10.0 Å². The van der Waals surface area contributed by atoms with Crippen LogP contribution in [0.5, 0.6) is 0 Å². The fourth-order valence-corrected chi connectivity index (χ4v) is 2.90. The summed E-state index contributed by atoms with van der Waals surface area (Å²) in [5, 5.41) is 10.9. The molecule has 0 amide bonds. The van der Waals surface area contributed by atoms with Crippen molar-refractivity contribution >= 4 is 31.9 Å². The van der Waals surface area contributed by atoms with Crippen LogP contribution in [0.2, 0.25) is 0 Å². The Kier molecular flexibility index (Phi) is 4.89. The summed E-state index contributed by atoms with van der Waals surface area (Å²) in [6, 6.07) is 4.66. The summed E-state index contributed by atoms with van der Waals surface area (Å²) in [5.41, 5.74) is 0. The molecule has 0 fully saturated rings. The number of carbonyl (C=O) groups is 1. The first kappa shape index (κ1) is 15.1. The largest absolute Gasteiger partial charge is 0.548 e. The second-order valence-electron chi connectivity index (χ2n) is 4.12. The van der Waals surface area contributed by atoms with Crippen LogP contribution in [-0.2, 0) is 14.8 Å². The number of halogens is 1. The third-order valence-electron chi connectivity index (χ3n) is 2.33. The Morgan fingerprint density at radius 3 is 2.17 bits per heavy atom. The van der Waals surface area contributed by atoms with Gasteiger partial charge in [-0.15, -0.1) is 0 Å². The fraction of sp³-hybridized carbons (Fsp3) is 0.364. The van der Waals surface area contributed by atoms with E-state index >= 15 is 0 Å². The molecule has 0 aromatic heterocycles. The summed E-state index contributed by atoms with van der Waals surface area (Å²) in [6.45, 7) is 3.20. The maximum Gasteiger partial charge on any atom is 0.241 e. The molecule has 0 bridgehead atoms. The zero-order valence-corrected chi connectivity index (χ0v) is 12.3. The van der Waals surface area contributed by atoms with E-state index in [0.717, 1.165) is 4.47 Å². The van der Waals surface area contributed by atoms with E-state index in [9.17, 15) is 18.3 Å². The fourth-order valence-electron chi connectivity index (χ4n) is 1.31. The minimum absolute atomic E-state index is 0.0117. The Balaban J connectivity index is 3.01. The zero-order chi connectivity index (χ0) is 13.9. The summed E-state index contributed by atoms with van der Waals surface area (Å²) in [6.07, 6.45) is 0. The first-order chi connectivity index (χ1) is 8.24. The number of carboxylic acids is 1. The molecule has 0 saturated heterocycles. The molecule has 1 aromatic carbocycles. The Morgan fingerprint density at radius 2 is 1.78 bits per heavy atom. The molecule has 1 unspecified atom stereocenters. The van der Waals surface area contributed by atoms with Crippen molar-refractivity contribution in [2.45, 2.75) is 24.8 Å². The van der Waals surface area contributed by atoms with Crippen LogP contribution in [0.25, 0.3) is 0 Å². The molecule has 1 N–H and O–H groups in total. The lowest BCUT2D eigenvalue weighted by atomic mass is 10.1. The van der Waals surface area contributed by atoms with Crippen molar-refractivity contribution in [2.24, 2.45) is 5.92 Å². The number of hydrogen-bond acceptors (Lipinski definition) is 4. The quantitative estimate of drug-likeness (QED) is 0.849. The van der Waals surface area contributed by atoms with Gasteiger partial charge < -0.3 is 9.90 Å². The first-order valence-corrected chi connectivity index (χ1v) is 7.50. The molecule has 7 heteroatoms. The Labute approximate surface area is 114 Å². The number of benzene rings is 1. The van der Waals surface area contributed by atoms with Gasteiger partial charge in [0, 0.05) is 4.47 Å². The summed E-state index contributed by atoms with van der Waals surface area (Å²) in [5.74, 6) is -1.84. The molecular formula is C11H13BrNO4S-. The van der Waals surface area contributed by atoms with Crippen molar-refractivity contribution in [1.82, 2.24) is 4.72 Å². The van der Waals surface area contributed by atoms with E-state index < -0.39 is 28.0 Å². The Hall–Kier alpha value is -0.920. The van der Waals surface area contributed by atoms with Crippen molar-refractivity contribution in [3.63, 3.8) is 0 Å². The molecule has 0 aliphatic rings. The molecule has 0 heterocycles. The second kappa shape index (κ2) is 5.81. The van der Waals surface area contributed by atoms with Crippen molar-refractivity contribution in [1.29, 1.82) is 0 Å². The van der Waals surface area contributed by atoms with Gasteiger partial charge in [0.05, 0.1) is 16.9 Å². The molecule has 0 aliphatic carbocycles. The highest BCUT2D eigenvalue weighted by Gasteiger charge is 2.23. The van der Waals surface area contributed by atoms with Crippen LogP contribution in [-0.4, -0.2) is 20.4 Å². The summed E-state index contributed by atoms with van der Waals surface area (Å²) >= 11 is 3.19. The van der Waals surface area contributed by atoms with E-state index in [1.54, 1.807) is 26.0 Å². The van der Waals surface area contributed by atoms with Crippen molar-refractivity contribution in [3.05, 3.63) is 28.7 Å². The average Bonchev–Trinajstić information content (AvgIpc) is 2.26. The Bertz CT molecular complexity index is 524. The van der Waals surface area contributed by atoms with Gasteiger partial charge >= 0.3 is 0 Å². The van der Waals surface area contributed by atoms with Crippen LogP contribution in [0.1, 0.15) is 13.8 Å². The normalized spacial score (nSPS) is 13.6. The van der Waals surface area contributed by atoms with E-state index in [-0.39, 0.29) is 4.90 Å². The average molecular weight is 335 g/mol. The monoisotopic (exact) mass is 334 g/mol. The van der Waals surface area contributed by atoms with Crippen LogP contribution in [0, 0.1) is 5.92 Å². The molecule has 1 aromatic rings. The van der Waals surface area contributed by atoms with Gasteiger partial charge in [-0.3, -0.25) is 0 Å². The maximum absolute atomic E-state index is 11.9. The number of nitrogens with one attached hydrogen (secondary N) is 1. The summed E-state index contributed by atoms with van der Waals surface area (Å²) in [4.78, 5) is 10.9. The summed E-state index contributed by atoms with van der Waals surface area (Å²) < 4.78 is 26.8. The van der Waals surface area contributed by atoms with Gasteiger partial charge in [-0.1, -0.05) is 29.8 Å². The highest BCUT2D eigenvalue weighted by molar-refractivity contribution is 9.10.